The molecule has 0 aliphatic carbocycles. The van der Waals surface area contributed by atoms with Gasteiger partial charge in [0.05, 0.1) is 12.2 Å². The summed E-state index contributed by atoms with van der Waals surface area (Å²) in [5.74, 6) is -1.33. The van der Waals surface area contributed by atoms with Crippen molar-refractivity contribution in [3.63, 3.8) is 0 Å². The highest BCUT2D eigenvalue weighted by Gasteiger charge is 2.12. The molecule has 0 bridgehead atoms. The SMILES string of the molecule is COCc1ccc(C(=O)OCC(=O)NC(=O)NC(C)C)cc1. The minimum Gasteiger partial charge on any atom is -0.452 e. The summed E-state index contributed by atoms with van der Waals surface area (Å²) in [7, 11) is 1.58. The third-order valence-electron chi connectivity index (χ3n) is 2.51. The summed E-state index contributed by atoms with van der Waals surface area (Å²) in [5, 5.41) is 4.55. The molecule has 0 radical (unpaired) electrons. The normalized spacial score (nSPS) is 10.2. The number of amides is 3. The summed E-state index contributed by atoms with van der Waals surface area (Å²) in [6.45, 7) is 3.45. The van der Waals surface area contributed by atoms with Crippen LogP contribution in [0.3, 0.4) is 0 Å². The van der Waals surface area contributed by atoms with Crippen molar-refractivity contribution in [3.05, 3.63) is 35.4 Å². The molecule has 0 fully saturated rings. The van der Waals surface area contributed by atoms with Crippen LogP contribution < -0.4 is 10.6 Å². The van der Waals surface area contributed by atoms with Crippen LogP contribution in [-0.2, 0) is 20.9 Å². The van der Waals surface area contributed by atoms with E-state index in [4.69, 9.17) is 9.47 Å². The van der Waals surface area contributed by atoms with Gasteiger partial charge in [-0.2, -0.15) is 0 Å². The molecule has 0 aliphatic heterocycles. The Kier molecular flexibility index (Phi) is 7.04. The molecule has 0 saturated carbocycles. The number of methoxy groups -OCH3 is 1. The molecule has 2 N–H and O–H groups in total. The van der Waals surface area contributed by atoms with Crippen molar-refractivity contribution >= 4 is 17.9 Å². The molecule has 0 aliphatic rings. The molecule has 7 heteroatoms. The number of carbonyl (C=O) groups is 3. The highest BCUT2D eigenvalue weighted by Crippen LogP contribution is 2.06. The van der Waals surface area contributed by atoms with Crippen LogP contribution in [-0.4, -0.2) is 37.7 Å². The summed E-state index contributed by atoms with van der Waals surface area (Å²) >= 11 is 0. The molecule has 1 rings (SSSR count). The van der Waals surface area contributed by atoms with Crippen LogP contribution in [0.4, 0.5) is 4.79 Å². The zero-order chi connectivity index (χ0) is 16.5. The summed E-state index contributed by atoms with van der Waals surface area (Å²) < 4.78 is 9.80. The second kappa shape index (κ2) is 8.78. The van der Waals surface area contributed by atoms with E-state index < -0.39 is 24.5 Å². The van der Waals surface area contributed by atoms with Crippen LogP contribution in [0.15, 0.2) is 24.3 Å². The minimum atomic E-state index is -0.692. The average molecular weight is 308 g/mol. The van der Waals surface area contributed by atoms with Gasteiger partial charge < -0.3 is 14.8 Å². The Bertz CT molecular complexity index is 525. The van der Waals surface area contributed by atoms with Gasteiger partial charge in [0.25, 0.3) is 5.91 Å². The fourth-order valence-corrected chi connectivity index (χ4v) is 1.58. The molecule has 0 unspecified atom stereocenters. The number of hydrogen-bond acceptors (Lipinski definition) is 5. The molecular weight excluding hydrogens is 288 g/mol. The minimum absolute atomic E-state index is 0.0963. The Morgan fingerprint density at radius 3 is 2.32 bits per heavy atom. The molecule has 1 aromatic rings. The molecule has 120 valence electrons. The zero-order valence-electron chi connectivity index (χ0n) is 12.8. The van der Waals surface area contributed by atoms with Gasteiger partial charge in [-0.05, 0) is 31.5 Å². The Morgan fingerprint density at radius 1 is 1.14 bits per heavy atom. The topological polar surface area (TPSA) is 93.7 Å². The number of nitrogens with one attached hydrogen (secondary N) is 2. The van der Waals surface area contributed by atoms with Crippen molar-refractivity contribution in [2.24, 2.45) is 0 Å². The van der Waals surface area contributed by atoms with E-state index in [2.05, 4.69) is 10.6 Å². The lowest BCUT2D eigenvalue weighted by molar-refractivity contribution is -0.123. The third-order valence-corrected chi connectivity index (χ3v) is 2.51. The van der Waals surface area contributed by atoms with E-state index in [0.717, 1.165) is 5.56 Å². The van der Waals surface area contributed by atoms with Gasteiger partial charge in [-0.3, -0.25) is 10.1 Å². The van der Waals surface area contributed by atoms with Crippen molar-refractivity contribution in [3.8, 4) is 0 Å². The molecule has 0 atom stereocenters. The first kappa shape index (κ1) is 17.6. The monoisotopic (exact) mass is 308 g/mol. The van der Waals surface area contributed by atoms with Gasteiger partial charge in [-0.15, -0.1) is 0 Å². The molecule has 1 aromatic carbocycles. The summed E-state index contributed by atoms with van der Waals surface area (Å²) in [6.07, 6.45) is 0. The Hall–Kier alpha value is -2.41. The van der Waals surface area contributed by atoms with Crippen molar-refractivity contribution in [2.75, 3.05) is 13.7 Å². The Balaban J connectivity index is 2.41. The van der Waals surface area contributed by atoms with Crippen LogP contribution in [0, 0.1) is 0 Å². The van der Waals surface area contributed by atoms with E-state index in [1.807, 2.05) is 0 Å². The first-order valence-electron chi connectivity index (χ1n) is 6.77. The van der Waals surface area contributed by atoms with E-state index in [-0.39, 0.29) is 6.04 Å². The van der Waals surface area contributed by atoms with Crippen LogP contribution in [0.5, 0.6) is 0 Å². The average Bonchev–Trinajstić information content (AvgIpc) is 2.45. The number of carbonyl (C=O) groups excluding carboxylic acids is 3. The van der Waals surface area contributed by atoms with Gasteiger partial charge in [-0.1, -0.05) is 12.1 Å². The number of hydrogen-bond donors (Lipinski definition) is 2. The lowest BCUT2D eigenvalue weighted by atomic mass is 10.1. The van der Waals surface area contributed by atoms with E-state index in [0.29, 0.717) is 12.2 Å². The number of urea groups is 1. The highest BCUT2D eigenvalue weighted by molar-refractivity contribution is 5.97. The van der Waals surface area contributed by atoms with Crippen molar-refractivity contribution in [2.45, 2.75) is 26.5 Å². The quantitative estimate of drug-likeness (QED) is 0.771. The fraction of sp³-hybridized carbons (Fsp3) is 0.400. The largest absolute Gasteiger partial charge is 0.452 e. The maximum atomic E-state index is 11.7. The molecule has 0 saturated heterocycles. The summed E-state index contributed by atoms with van der Waals surface area (Å²) in [4.78, 5) is 34.5. The van der Waals surface area contributed by atoms with Gasteiger partial charge in [0.1, 0.15) is 0 Å². The number of esters is 1. The standard InChI is InChI=1S/C15H20N2O5/c1-10(2)16-15(20)17-13(18)9-22-14(19)12-6-4-11(5-7-12)8-21-3/h4-7,10H,8-9H2,1-3H3,(H2,16,17,18,20). The molecule has 0 aromatic heterocycles. The van der Waals surface area contributed by atoms with E-state index in [9.17, 15) is 14.4 Å². The second-order valence-electron chi connectivity index (χ2n) is 4.88. The highest BCUT2D eigenvalue weighted by atomic mass is 16.5. The summed E-state index contributed by atoms with van der Waals surface area (Å²) in [6, 6.07) is 5.91. The van der Waals surface area contributed by atoms with Gasteiger partial charge >= 0.3 is 12.0 Å². The van der Waals surface area contributed by atoms with Gasteiger partial charge in [0, 0.05) is 13.2 Å². The lowest BCUT2D eigenvalue weighted by Crippen LogP contribution is -2.44. The first-order chi connectivity index (χ1) is 10.4. The summed E-state index contributed by atoms with van der Waals surface area (Å²) in [5.41, 5.74) is 1.24. The van der Waals surface area contributed by atoms with Crippen LogP contribution in [0.25, 0.3) is 0 Å². The predicted molar refractivity (Wildman–Crippen MR) is 79.2 cm³/mol. The van der Waals surface area contributed by atoms with Crippen LogP contribution >= 0.6 is 0 Å². The Morgan fingerprint density at radius 2 is 1.77 bits per heavy atom. The third kappa shape index (κ3) is 6.36. The maximum absolute atomic E-state index is 11.7. The molecular formula is C15H20N2O5. The van der Waals surface area contributed by atoms with Gasteiger partial charge in [0.2, 0.25) is 0 Å². The molecule has 7 nitrogen and oxygen atoms in total. The molecule has 0 heterocycles. The number of imide groups is 1. The van der Waals surface area contributed by atoms with Crippen molar-refractivity contribution in [1.82, 2.24) is 10.6 Å². The predicted octanol–water partition coefficient (Wildman–Crippen LogP) is 1.22. The van der Waals surface area contributed by atoms with Gasteiger partial charge in [-0.25, -0.2) is 9.59 Å². The van der Waals surface area contributed by atoms with Crippen molar-refractivity contribution < 1.29 is 23.9 Å². The first-order valence-corrected chi connectivity index (χ1v) is 6.77. The van der Waals surface area contributed by atoms with E-state index in [1.54, 1.807) is 45.2 Å². The maximum Gasteiger partial charge on any atom is 0.338 e. The molecule has 0 spiro atoms. The molecule has 3 amide bonds. The smallest absolute Gasteiger partial charge is 0.338 e. The van der Waals surface area contributed by atoms with Crippen LogP contribution in [0.2, 0.25) is 0 Å². The number of ether oxygens (including phenoxy) is 2. The zero-order valence-corrected chi connectivity index (χ0v) is 12.8. The van der Waals surface area contributed by atoms with Gasteiger partial charge in [0.15, 0.2) is 6.61 Å². The number of rotatable bonds is 6. The second-order valence-corrected chi connectivity index (χ2v) is 4.88. The van der Waals surface area contributed by atoms with E-state index in [1.165, 1.54) is 0 Å². The lowest BCUT2D eigenvalue weighted by Gasteiger charge is -2.09. The van der Waals surface area contributed by atoms with E-state index >= 15 is 0 Å². The molecule has 22 heavy (non-hydrogen) atoms. The van der Waals surface area contributed by atoms with Crippen molar-refractivity contribution in [1.29, 1.82) is 0 Å². The fourth-order valence-electron chi connectivity index (χ4n) is 1.58. The number of benzene rings is 1. The van der Waals surface area contributed by atoms with Crippen LogP contribution in [0.1, 0.15) is 29.8 Å². The Labute approximate surface area is 129 Å².